The molecule has 0 aromatic carbocycles. The van der Waals surface area contributed by atoms with Crippen LogP contribution in [-0.4, -0.2) is 53.0 Å². The zero-order valence-electron chi connectivity index (χ0n) is 25.6. The Morgan fingerprint density at radius 1 is 0.465 bits per heavy atom. The maximum absolute atomic E-state index is 14.6. The molecule has 0 saturated heterocycles. The van der Waals surface area contributed by atoms with Crippen molar-refractivity contribution in [2.75, 3.05) is 13.1 Å². The average Bonchev–Trinajstić information content (AvgIpc) is 2.92. The van der Waals surface area contributed by atoms with Crippen molar-refractivity contribution in [2.45, 2.75) is 171 Å². The Morgan fingerprint density at radius 3 is 1.02 bits per heavy atom. The summed E-state index contributed by atoms with van der Waals surface area (Å²) in [5.41, 5.74) is 0. The van der Waals surface area contributed by atoms with E-state index in [1.165, 1.54) is 0 Å². The topological polar surface area (TPSA) is 20.3 Å². The van der Waals surface area contributed by atoms with Gasteiger partial charge in [0.25, 0.3) is 5.91 Å². The summed E-state index contributed by atoms with van der Waals surface area (Å²) in [6, 6.07) is 0. The van der Waals surface area contributed by atoms with Crippen LogP contribution in [0.1, 0.15) is 142 Å². The van der Waals surface area contributed by atoms with Crippen molar-refractivity contribution in [3.63, 3.8) is 0 Å². The molecule has 0 spiro atoms. The fourth-order valence-corrected chi connectivity index (χ4v) is 4.92. The summed E-state index contributed by atoms with van der Waals surface area (Å²) < 4.78 is 138. The molecule has 2 nitrogen and oxygen atoms in total. The second-order valence-corrected chi connectivity index (χ2v) is 11.9. The van der Waals surface area contributed by atoms with Gasteiger partial charge in [-0.2, -0.15) is 43.9 Å². The molecule has 0 aliphatic carbocycles. The number of unbranched alkanes of at least 4 members (excludes halogenated alkanes) is 18. The van der Waals surface area contributed by atoms with Crippen molar-refractivity contribution < 1.29 is 48.7 Å². The molecule has 0 atom stereocenters. The van der Waals surface area contributed by atoms with Gasteiger partial charge in [-0.15, -0.1) is 0 Å². The Labute approximate surface area is 255 Å². The van der Waals surface area contributed by atoms with Gasteiger partial charge in [0, 0.05) is 13.1 Å². The van der Waals surface area contributed by atoms with Crippen molar-refractivity contribution in [2.24, 2.45) is 0 Å². The number of carbonyl (C=O) groups is 1. The third kappa shape index (κ3) is 13.1. The minimum Gasteiger partial charge on any atom is -0.337 e. The van der Waals surface area contributed by atoms with Crippen LogP contribution in [0, 0.1) is 0 Å². The molecular weight excluding hydrogens is 616 g/mol. The third-order valence-corrected chi connectivity index (χ3v) is 7.90. The third-order valence-electron chi connectivity index (χ3n) is 7.66. The molecule has 0 unspecified atom stereocenters. The van der Waals surface area contributed by atoms with E-state index in [4.69, 9.17) is 0 Å². The molecule has 13 heteroatoms. The maximum Gasteiger partial charge on any atom is 0.393 e. The quantitative estimate of drug-likeness (QED) is 0.0486. The minimum absolute atomic E-state index is 0.0906. The molecule has 0 heterocycles. The molecule has 0 bridgehead atoms. The van der Waals surface area contributed by atoms with E-state index in [1.807, 2.05) is 0 Å². The molecule has 0 aliphatic rings. The first-order valence-electron chi connectivity index (χ1n) is 15.8. The molecule has 43 heavy (non-hydrogen) atoms. The molecule has 0 aromatic heterocycles. The molecule has 0 rings (SSSR count). The number of halogens is 11. The van der Waals surface area contributed by atoms with Gasteiger partial charge in [0.1, 0.15) is 0 Å². The van der Waals surface area contributed by atoms with E-state index in [0.29, 0.717) is 25.7 Å². The van der Waals surface area contributed by atoms with Gasteiger partial charge >= 0.3 is 29.1 Å². The van der Waals surface area contributed by atoms with Crippen LogP contribution in [0.5, 0.6) is 0 Å². The molecule has 0 aromatic rings. The first kappa shape index (κ1) is 42.1. The SMILES string of the molecule is CCCCCCCCCCCCN(CCCCCCCCCCCC)C(=O)C(F)(F)C(F)(F)C(F)(F)C(F)(F)C(F)(F)Cl. The first-order valence-corrected chi connectivity index (χ1v) is 16.2. The highest BCUT2D eigenvalue weighted by molar-refractivity contribution is 6.22. The number of rotatable bonds is 27. The van der Waals surface area contributed by atoms with Gasteiger partial charge in [0.2, 0.25) is 0 Å². The molecule has 0 fully saturated rings. The van der Waals surface area contributed by atoms with E-state index in [0.717, 1.165) is 89.9 Å². The number of alkyl halides is 11. The van der Waals surface area contributed by atoms with E-state index < -0.39 is 48.1 Å². The standard InChI is InChI=1S/C30H50ClF10NO/c1-3-5-7-9-11-13-15-17-19-21-23-42(24-22-20-18-16-14-12-10-8-6-4-2)25(43)26(32,33)27(34,35)28(36,37)29(38,39)30(31,40)41/h3-24H2,1-2H3. The molecule has 0 radical (unpaired) electrons. The van der Waals surface area contributed by atoms with E-state index in [9.17, 15) is 48.7 Å². The Bertz CT molecular complexity index is 723. The maximum atomic E-state index is 14.6. The number of carbonyl (C=O) groups excluding carboxylic acids is 1. The van der Waals surface area contributed by atoms with Crippen molar-refractivity contribution in [3.8, 4) is 0 Å². The fraction of sp³-hybridized carbons (Fsp3) is 0.967. The van der Waals surface area contributed by atoms with Crippen LogP contribution in [0.4, 0.5) is 43.9 Å². The number of hydrogen-bond acceptors (Lipinski definition) is 1. The highest BCUT2D eigenvalue weighted by atomic mass is 35.5. The molecule has 0 aliphatic heterocycles. The lowest BCUT2D eigenvalue weighted by atomic mass is 9.97. The predicted octanol–water partition coefficient (Wildman–Crippen LogP) is 12.0. The Hall–Kier alpha value is -0.940. The van der Waals surface area contributed by atoms with Gasteiger partial charge in [-0.05, 0) is 24.4 Å². The summed E-state index contributed by atoms with van der Waals surface area (Å²) in [4.78, 5) is 12.8. The summed E-state index contributed by atoms with van der Waals surface area (Å²) in [6.07, 6.45) is 16.8. The van der Waals surface area contributed by atoms with Crippen LogP contribution in [0.25, 0.3) is 0 Å². The first-order chi connectivity index (χ1) is 19.9. The van der Waals surface area contributed by atoms with E-state index >= 15 is 0 Å². The van der Waals surface area contributed by atoms with Crippen molar-refractivity contribution in [3.05, 3.63) is 0 Å². The lowest BCUT2D eigenvalue weighted by molar-refractivity contribution is -0.383. The zero-order chi connectivity index (χ0) is 33.2. The lowest BCUT2D eigenvalue weighted by Crippen LogP contribution is -2.69. The van der Waals surface area contributed by atoms with Crippen LogP contribution in [0.15, 0.2) is 0 Å². The number of hydrogen-bond donors (Lipinski definition) is 0. The summed E-state index contributed by atoms with van der Waals surface area (Å²) in [5, 5.41) is -6.29. The van der Waals surface area contributed by atoms with Gasteiger partial charge in [0.15, 0.2) is 0 Å². The normalized spacial score (nSPS) is 13.5. The van der Waals surface area contributed by atoms with Gasteiger partial charge < -0.3 is 4.90 Å². The van der Waals surface area contributed by atoms with Gasteiger partial charge in [-0.25, -0.2) is 0 Å². The number of amides is 1. The van der Waals surface area contributed by atoms with Crippen LogP contribution in [-0.2, 0) is 4.79 Å². The van der Waals surface area contributed by atoms with Gasteiger partial charge in [-0.1, -0.05) is 129 Å². The fourth-order valence-electron chi connectivity index (χ4n) is 4.80. The Kier molecular flexibility index (Phi) is 19.8. The van der Waals surface area contributed by atoms with E-state index in [1.54, 1.807) is 0 Å². The Balaban J connectivity index is 5.29. The Morgan fingerprint density at radius 2 is 0.744 bits per heavy atom. The molecule has 0 N–H and O–H groups in total. The van der Waals surface area contributed by atoms with E-state index in [-0.39, 0.29) is 17.7 Å². The van der Waals surface area contributed by atoms with Crippen LogP contribution in [0.3, 0.4) is 0 Å². The highest BCUT2D eigenvalue weighted by Crippen LogP contribution is 2.58. The van der Waals surface area contributed by atoms with Crippen LogP contribution >= 0.6 is 11.6 Å². The monoisotopic (exact) mass is 665 g/mol. The van der Waals surface area contributed by atoms with Crippen LogP contribution in [0.2, 0.25) is 0 Å². The smallest absolute Gasteiger partial charge is 0.337 e. The zero-order valence-corrected chi connectivity index (χ0v) is 26.3. The largest absolute Gasteiger partial charge is 0.393 e. The highest BCUT2D eigenvalue weighted by Gasteiger charge is 2.87. The summed E-state index contributed by atoms with van der Waals surface area (Å²) in [7, 11) is 0. The molecule has 1 amide bonds. The molecule has 258 valence electrons. The minimum atomic E-state index is -7.34. The van der Waals surface area contributed by atoms with Crippen molar-refractivity contribution in [1.82, 2.24) is 4.90 Å². The predicted molar refractivity (Wildman–Crippen MR) is 151 cm³/mol. The second-order valence-electron chi connectivity index (χ2n) is 11.5. The summed E-state index contributed by atoms with van der Waals surface area (Å²) >= 11 is 3.88. The molecular formula is C30H50ClF10NO. The summed E-state index contributed by atoms with van der Waals surface area (Å²) in [5.74, 6) is -30.8. The van der Waals surface area contributed by atoms with Crippen LogP contribution < -0.4 is 0 Å². The van der Waals surface area contributed by atoms with Crippen molar-refractivity contribution >= 4 is 17.5 Å². The molecule has 0 saturated carbocycles. The lowest BCUT2D eigenvalue weighted by Gasteiger charge is -2.38. The number of nitrogens with zero attached hydrogens (tertiary/aromatic N) is 1. The van der Waals surface area contributed by atoms with Gasteiger partial charge in [0.05, 0.1) is 0 Å². The summed E-state index contributed by atoms with van der Waals surface area (Å²) in [6.45, 7) is 3.21. The average molecular weight is 666 g/mol. The van der Waals surface area contributed by atoms with Gasteiger partial charge in [-0.3, -0.25) is 4.79 Å². The van der Waals surface area contributed by atoms with Crippen molar-refractivity contribution in [1.29, 1.82) is 0 Å². The second kappa shape index (κ2) is 20.2. The van der Waals surface area contributed by atoms with E-state index in [2.05, 4.69) is 25.4 Å².